The lowest BCUT2D eigenvalue weighted by atomic mass is 9.79. The highest BCUT2D eigenvalue weighted by molar-refractivity contribution is 5.82. The highest BCUT2D eigenvalue weighted by Crippen LogP contribution is 2.32. The number of aliphatic hydroxyl groups excluding tert-OH is 2. The molecule has 0 radical (unpaired) electrons. The number of aromatic hydroxyl groups is 2. The van der Waals surface area contributed by atoms with Gasteiger partial charge in [-0.15, -0.1) is 0 Å². The second kappa shape index (κ2) is 13.4. The van der Waals surface area contributed by atoms with Crippen LogP contribution in [0.2, 0.25) is 0 Å². The summed E-state index contributed by atoms with van der Waals surface area (Å²) in [5.74, 6) is -2.52. The van der Waals surface area contributed by atoms with E-state index in [4.69, 9.17) is 9.47 Å². The Morgan fingerprint density at radius 1 is 1.00 bits per heavy atom. The van der Waals surface area contributed by atoms with E-state index in [2.05, 4.69) is 0 Å². The van der Waals surface area contributed by atoms with Crippen LogP contribution >= 0.6 is 0 Å². The van der Waals surface area contributed by atoms with E-state index in [1.807, 2.05) is 11.9 Å². The topological polar surface area (TPSA) is 137 Å². The van der Waals surface area contributed by atoms with Gasteiger partial charge in [-0.1, -0.05) is 25.8 Å². The maximum absolute atomic E-state index is 12.6. The molecule has 0 saturated heterocycles. The second-order valence-electron chi connectivity index (χ2n) is 8.81. The third-order valence-electron chi connectivity index (χ3n) is 6.02. The van der Waals surface area contributed by atoms with Gasteiger partial charge in [0.2, 0.25) is 0 Å². The van der Waals surface area contributed by atoms with Gasteiger partial charge in [-0.05, 0) is 50.4 Å². The minimum Gasteiger partial charge on any atom is -0.504 e. The quantitative estimate of drug-likeness (QED) is 0.267. The fourth-order valence-electron chi connectivity index (χ4n) is 3.93. The Labute approximate surface area is 194 Å². The number of esters is 2. The molecule has 0 aliphatic heterocycles. The van der Waals surface area contributed by atoms with Crippen LogP contribution in [0.1, 0.15) is 44.6 Å². The summed E-state index contributed by atoms with van der Waals surface area (Å²) in [5, 5.41) is 38.8. The van der Waals surface area contributed by atoms with E-state index in [1.165, 1.54) is 12.1 Å². The molecule has 9 heteroatoms. The van der Waals surface area contributed by atoms with Gasteiger partial charge in [-0.25, -0.2) is 0 Å². The number of carbonyl (C=O) groups excluding carboxylic acids is 2. The number of hydrogen-bond acceptors (Lipinski definition) is 9. The molecule has 33 heavy (non-hydrogen) atoms. The van der Waals surface area contributed by atoms with Gasteiger partial charge in [0, 0.05) is 13.1 Å². The normalized spacial score (nSPS) is 20.3. The number of benzene rings is 1. The molecule has 1 aliphatic carbocycles. The van der Waals surface area contributed by atoms with Crippen LogP contribution in [0.3, 0.4) is 0 Å². The van der Waals surface area contributed by atoms with E-state index in [9.17, 15) is 30.0 Å². The zero-order valence-electron chi connectivity index (χ0n) is 19.5. The first-order valence-electron chi connectivity index (χ1n) is 11.6. The van der Waals surface area contributed by atoms with Gasteiger partial charge in [0.25, 0.3) is 0 Å². The predicted molar refractivity (Wildman–Crippen MR) is 121 cm³/mol. The number of hydrogen-bond donors (Lipinski definition) is 4. The van der Waals surface area contributed by atoms with Crippen LogP contribution in [0.25, 0.3) is 0 Å². The lowest BCUT2D eigenvalue weighted by Gasteiger charge is -2.29. The number of nitrogens with zero attached hydrogens (tertiary/aromatic N) is 1. The lowest BCUT2D eigenvalue weighted by Crippen LogP contribution is -2.38. The summed E-state index contributed by atoms with van der Waals surface area (Å²) < 4.78 is 10.5. The largest absolute Gasteiger partial charge is 0.504 e. The average Bonchev–Trinajstić information content (AvgIpc) is 2.81. The molecule has 1 aromatic rings. The molecule has 9 nitrogen and oxygen atoms in total. The molecule has 2 rings (SSSR count). The molecule has 1 fully saturated rings. The summed E-state index contributed by atoms with van der Waals surface area (Å²) in [6.07, 6.45) is 2.20. The first-order valence-corrected chi connectivity index (χ1v) is 11.6. The van der Waals surface area contributed by atoms with Gasteiger partial charge in [-0.2, -0.15) is 0 Å². The van der Waals surface area contributed by atoms with Crippen LogP contribution in [0.4, 0.5) is 0 Å². The zero-order chi connectivity index (χ0) is 24.4. The van der Waals surface area contributed by atoms with Crippen LogP contribution in [0.15, 0.2) is 18.2 Å². The Hall–Kier alpha value is -2.36. The molecule has 0 spiro atoms. The molecule has 186 valence electrons. The minimum absolute atomic E-state index is 0.0809. The zero-order valence-corrected chi connectivity index (χ0v) is 19.5. The Morgan fingerprint density at radius 3 is 2.12 bits per heavy atom. The number of aliphatic hydroxyl groups is 2. The van der Waals surface area contributed by atoms with Crippen molar-refractivity contribution in [3.8, 4) is 11.5 Å². The molecule has 4 N–H and O–H groups in total. The van der Waals surface area contributed by atoms with Crippen molar-refractivity contribution in [2.24, 2.45) is 11.8 Å². The Balaban J connectivity index is 1.76. The van der Waals surface area contributed by atoms with E-state index >= 15 is 0 Å². The fraction of sp³-hybridized carbons (Fsp3) is 0.667. The summed E-state index contributed by atoms with van der Waals surface area (Å²) >= 11 is 0. The number of likely N-dealkylation sites (N-methyl/N-ethyl adjacent to an activating group) is 1. The highest BCUT2D eigenvalue weighted by atomic mass is 16.5. The number of phenolic OH excluding ortho intramolecular Hbond substituents is 2. The molecule has 0 amide bonds. The monoisotopic (exact) mass is 467 g/mol. The molecule has 4 atom stereocenters. The van der Waals surface area contributed by atoms with Gasteiger partial charge in [0.15, 0.2) is 11.5 Å². The van der Waals surface area contributed by atoms with E-state index < -0.39 is 36.0 Å². The fourth-order valence-corrected chi connectivity index (χ4v) is 3.93. The maximum atomic E-state index is 12.6. The van der Waals surface area contributed by atoms with E-state index in [0.29, 0.717) is 32.2 Å². The molecule has 4 unspecified atom stereocenters. The van der Waals surface area contributed by atoms with Gasteiger partial charge in [0.1, 0.15) is 19.3 Å². The third kappa shape index (κ3) is 8.83. The van der Waals surface area contributed by atoms with Crippen molar-refractivity contribution in [1.82, 2.24) is 4.90 Å². The number of carbonyl (C=O) groups is 2. The Kier molecular flexibility index (Phi) is 10.9. The molecule has 1 aromatic carbocycles. The van der Waals surface area contributed by atoms with Crippen molar-refractivity contribution in [2.75, 3.05) is 33.4 Å². The first kappa shape index (κ1) is 26.9. The summed E-state index contributed by atoms with van der Waals surface area (Å²) in [4.78, 5) is 26.9. The van der Waals surface area contributed by atoms with Crippen LogP contribution in [-0.2, 0) is 25.5 Å². The molecule has 0 heterocycles. The molecular weight excluding hydrogens is 430 g/mol. The van der Waals surface area contributed by atoms with Gasteiger partial charge in [0.05, 0.1) is 17.9 Å². The van der Waals surface area contributed by atoms with Gasteiger partial charge in [-0.3, -0.25) is 9.59 Å². The molecule has 0 bridgehead atoms. The predicted octanol–water partition coefficient (Wildman–Crippen LogP) is 1.60. The molecular formula is C24H37NO8. The standard InChI is InChI=1S/C24H37NO8/c1-3-17(26)14-32-23(30)19-6-4-5-7-20(19)24(31)33-15-18(27)13-25(2)11-10-16-8-9-21(28)22(29)12-16/h8-9,12,17-20,26-29H,3-7,10-11,13-15H2,1-2H3. The van der Waals surface area contributed by atoms with Crippen LogP contribution in [0.5, 0.6) is 11.5 Å². The molecule has 0 aromatic heterocycles. The summed E-state index contributed by atoms with van der Waals surface area (Å²) in [7, 11) is 1.82. The van der Waals surface area contributed by atoms with E-state index in [0.717, 1.165) is 18.4 Å². The number of ether oxygens (including phenoxy) is 2. The Morgan fingerprint density at radius 2 is 1.58 bits per heavy atom. The summed E-state index contributed by atoms with van der Waals surface area (Å²) in [6, 6.07) is 4.64. The van der Waals surface area contributed by atoms with Crippen molar-refractivity contribution in [1.29, 1.82) is 0 Å². The van der Waals surface area contributed by atoms with Crippen LogP contribution in [0, 0.1) is 11.8 Å². The molecule has 1 saturated carbocycles. The van der Waals surface area contributed by atoms with Gasteiger partial charge >= 0.3 is 11.9 Å². The third-order valence-corrected chi connectivity index (χ3v) is 6.02. The van der Waals surface area contributed by atoms with Crippen LogP contribution < -0.4 is 0 Å². The number of rotatable bonds is 12. The van der Waals surface area contributed by atoms with Crippen LogP contribution in [-0.4, -0.2) is 82.8 Å². The van der Waals surface area contributed by atoms with Gasteiger partial charge < -0.3 is 34.8 Å². The SMILES string of the molecule is CCC(O)COC(=O)C1CCCCC1C(=O)OCC(O)CN(C)CCc1ccc(O)c(O)c1. The van der Waals surface area contributed by atoms with Crippen molar-refractivity contribution in [3.05, 3.63) is 23.8 Å². The smallest absolute Gasteiger partial charge is 0.309 e. The van der Waals surface area contributed by atoms with Crippen molar-refractivity contribution in [2.45, 2.75) is 57.7 Å². The lowest BCUT2D eigenvalue weighted by molar-refractivity contribution is -0.166. The molecule has 1 aliphatic rings. The Bertz CT molecular complexity index is 771. The van der Waals surface area contributed by atoms with Crippen molar-refractivity contribution in [3.63, 3.8) is 0 Å². The van der Waals surface area contributed by atoms with E-state index in [1.54, 1.807) is 13.0 Å². The summed E-state index contributed by atoms with van der Waals surface area (Å²) in [5.41, 5.74) is 0.847. The van der Waals surface area contributed by atoms with Crippen molar-refractivity contribution >= 4 is 11.9 Å². The number of phenols is 2. The summed E-state index contributed by atoms with van der Waals surface area (Å²) in [6.45, 7) is 2.41. The maximum Gasteiger partial charge on any atom is 0.309 e. The average molecular weight is 468 g/mol. The first-order chi connectivity index (χ1) is 15.7. The highest BCUT2D eigenvalue weighted by Gasteiger charge is 2.38. The van der Waals surface area contributed by atoms with Crippen molar-refractivity contribution < 1.29 is 39.5 Å². The minimum atomic E-state index is -0.888. The second-order valence-corrected chi connectivity index (χ2v) is 8.81. The van der Waals surface area contributed by atoms with E-state index in [-0.39, 0.29) is 31.3 Å².